The highest BCUT2D eigenvalue weighted by molar-refractivity contribution is 7.80. The maximum absolute atomic E-state index is 11.7. The predicted octanol–water partition coefficient (Wildman–Crippen LogP) is 1.99. The number of aliphatic hydroxyl groups excluding tert-OH is 1. The highest BCUT2D eigenvalue weighted by Crippen LogP contribution is 2.19. The van der Waals surface area contributed by atoms with Crippen LogP contribution >= 0.6 is 24.2 Å². The lowest BCUT2D eigenvalue weighted by atomic mass is 10.1. The third kappa shape index (κ3) is 3.70. The van der Waals surface area contributed by atoms with Crippen molar-refractivity contribution in [3.63, 3.8) is 0 Å². The molecule has 2 N–H and O–H groups in total. The molecular formula is C11H14ClNO2S. The second-order valence-electron chi connectivity index (χ2n) is 3.66. The number of halogens is 1. The van der Waals surface area contributed by atoms with E-state index in [-0.39, 0.29) is 18.4 Å². The maximum Gasteiger partial charge on any atom is 0.252 e. The highest BCUT2D eigenvalue weighted by atomic mass is 35.5. The van der Waals surface area contributed by atoms with Gasteiger partial charge in [-0.05, 0) is 24.1 Å². The van der Waals surface area contributed by atoms with Gasteiger partial charge in [0.25, 0.3) is 5.91 Å². The van der Waals surface area contributed by atoms with Crippen LogP contribution in [0.25, 0.3) is 0 Å². The van der Waals surface area contributed by atoms with E-state index in [1.807, 2.05) is 6.92 Å². The van der Waals surface area contributed by atoms with E-state index in [1.165, 1.54) is 0 Å². The summed E-state index contributed by atoms with van der Waals surface area (Å²) in [6.45, 7) is 2.31. The minimum Gasteiger partial charge on any atom is -0.396 e. The summed E-state index contributed by atoms with van der Waals surface area (Å²) in [5, 5.41) is 11.9. The van der Waals surface area contributed by atoms with Crippen molar-refractivity contribution in [1.29, 1.82) is 0 Å². The fraction of sp³-hybridized carbons (Fsp3) is 0.364. The summed E-state index contributed by atoms with van der Waals surface area (Å²) >= 11 is 10.0. The van der Waals surface area contributed by atoms with E-state index in [4.69, 9.17) is 16.7 Å². The Kier molecular flexibility index (Phi) is 5.12. The molecule has 0 saturated heterocycles. The summed E-state index contributed by atoms with van der Waals surface area (Å²) in [5.41, 5.74) is 0.402. The standard InChI is InChI=1S/C11H14ClNO2S/c1-7(6-14)5-13-11(15)9-4-8(16)2-3-10(9)12/h2-4,7,14,16H,5-6H2,1H3,(H,13,15). The van der Waals surface area contributed by atoms with Crippen molar-refractivity contribution in [2.45, 2.75) is 11.8 Å². The number of hydrogen-bond donors (Lipinski definition) is 3. The van der Waals surface area contributed by atoms with Gasteiger partial charge in [-0.15, -0.1) is 12.6 Å². The number of hydrogen-bond acceptors (Lipinski definition) is 3. The first-order valence-electron chi connectivity index (χ1n) is 4.92. The Morgan fingerprint density at radius 2 is 2.31 bits per heavy atom. The van der Waals surface area contributed by atoms with Crippen molar-refractivity contribution in [3.05, 3.63) is 28.8 Å². The Bertz CT molecular complexity index is 384. The molecule has 0 saturated carbocycles. The van der Waals surface area contributed by atoms with E-state index in [2.05, 4.69) is 17.9 Å². The minimum atomic E-state index is -0.249. The average Bonchev–Trinajstić information content (AvgIpc) is 2.28. The first kappa shape index (κ1) is 13.4. The van der Waals surface area contributed by atoms with Crippen molar-refractivity contribution in [2.75, 3.05) is 13.2 Å². The van der Waals surface area contributed by atoms with Crippen LogP contribution < -0.4 is 5.32 Å². The van der Waals surface area contributed by atoms with Gasteiger partial charge in [0, 0.05) is 18.0 Å². The average molecular weight is 260 g/mol. The van der Waals surface area contributed by atoms with E-state index < -0.39 is 0 Å². The summed E-state index contributed by atoms with van der Waals surface area (Å²) in [4.78, 5) is 12.4. The maximum atomic E-state index is 11.7. The zero-order chi connectivity index (χ0) is 12.1. The Labute approximate surface area is 105 Å². The van der Waals surface area contributed by atoms with Crippen LogP contribution in [0.15, 0.2) is 23.1 Å². The monoisotopic (exact) mass is 259 g/mol. The van der Waals surface area contributed by atoms with Gasteiger partial charge in [-0.3, -0.25) is 4.79 Å². The van der Waals surface area contributed by atoms with Crippen LogP contribution in [0.4, 0.5) is 0 Å². The third-order valence-electron chi connectivity index (χ3n) is 2.12. The molecule has 3 nitrogen and oxygen atoms in total. The first-order valence-corrected chi connectivity index (χ1v) is 5.74. The Morgan fingerprint density at radius 1 is 1.62 bits per heavy atom. The number of rotatable bonds is 4. The summed E-state index contributed by atoms with van der Waals surface area (Å²) in [6.07, 6.45) is 0. The van der Waals surface area contributed by atoms with Gasteiger partial charge in [0.05, 0.1) is 10.6 Å². The van der Waals surface area contributed by atoms with Crippen LogP contribution in [0.1, 0.15) is 17.3 Å². The molecule has 1 atom stereocenters. The van der Waals surface area contributed by atoms with Gasteiger partial charge in [-0.2, -0.15) is 0 Å². The molecular weight excluding hydrogens is 246 g/mol. The predicted molar refractivity (Wildman–Crippen MR) is 67.3 cm³/mol. The molecule has 0 radical (unpaired) electrons. The lowest BCUT2D eigenvalue weighted by molar-refractivity contribution is 0.0942. The minimum absolute atomic E-state index is 0.0295. The Hall–Kier alpha value is -0.710. The first-order chi connectivity index (χ1) is 7.54. The van der Waals surface area contributed by atoms with E-state index in [0.717, 1.165) is 0 Å². The number of aliphatic hydroxyl groups is 1. The zero-order valence-electron chi connectivity index (χ0n) is 8.90. The Balaban J connectivity index is 2.69. The largest absolute Gasteiger partial charge is 0.396 e. The number of amides is 1. The second kappa shape index (κ2) is 6.13. The molecule has 0 aliphatic carbocycles. The van der Waals surface area contributed by atoms with Crippen molar-refractivity contribution in [3.8, 4) is 0 Å². The molecule has 0 bridgehead atoms. The number of thiol groups is 1. The van der Waals surface area contributed by atoms with Crippen molar-refractivity contribution < 1.29 is 9.90 Å². The summed E-state index contributed by atoms with van der Waals surface area (Å²) < 4.78 is 0. The van der Waals surface area contributed by atoms with Crippen LogP contribution in [0.3, 0.4) is 0 Å². The molecule has 0 aliphatic rings. The van der Waals surface area contributed by atoms with Crippen LogP contribution in [-0.2, 0) is 0 Å². The number of carbonyl (C=O) groups excluding carboxylic acids is 1. The lowest BCUT2D eigenvalue weighted by Gasteiger charge is -2.10. The molecule has 5 heteroatoms. The van der Waals surface area contributed by atoms with Crippen LogP contribution in [0.2, 0.25) is 5.02 Å². The quantitative estimate of drug-likeness (QED) is 0.725. The van der Waals surface area contributed by atoms with E-state index in [1.54, 1.807) is 18.2 Å². The summed E-state index contributed by atoms with van der Waals surface area (Å²) in [5.74, 6) is -0.219. The van der Waals surface area contributed by atoms with E-state index in [9.17, 15) is 4.79 Å². The van der Waals surface area contributed by atoms with Crippen molar-refractivity contribution in [2.24, 2.45) is 5.92 Å². The topological polar surface area (TPSA) is 49.3 Å². The van der Waals surface area contributed by atoms with Gasteiger partial charge in [0.1, 0.15) is 0 Å². The van der Waals surface area contributed by atoms with Crippen LogP contribution in [-0.4, -0.2) is 24.2 Å². The lowest BCUT2D eigenvalue weighted by Crippen LogP contribution is -2.29. The zero-order valence-corrected chi connectivity index (χ0v) is 10.6. The van der Waals surface area contributed by atoms with Gasteiger partial charge in [-0.25, -0.2) is 0 Å². The molecule has 0 aromatic heterocycles. The van der Waals surface area contributed by atoms with Crippen molar-refractivity contribution in [1.82, 2.24) is 5.32 Å². The smallest absolute Gasteiger partial charge is 0.252 e. The molecule has 0 fully saturated rings. The molecule has 1 rings (SSSR count). The van der Waals surface area contributed by atoms with E-state index >= 15 is 0 Å². The second-order valence-corrected chi connectivity index (χ2v) is 4.59. The fourth-order valence-electron chi connectivity index (χ4n) is 1.11. The Morgan fingerprint density at radius 3 is 2.94 bits per heavy atom. The summed E-state index contributed by atoms with van der Waals surface area (Å²) in [7, 11) is 0. The summed E-state index contributed by atoms with van der Waals surface area (Å²) in [6, 6.07) is 4.97. The van der Waals surface area contributed by atoms with Gasteiger partial charge < -0.3 is 10.4 Å². The normalized spacial score (nSPS) is 12.2. The van der Waals surface area contributed by atoms with Crippen molar-refractivity contribution >= 4 is 30.1 Å². The SMILES string of the molecule is CC(CO)CNC(=O)c1cc(S)ccc1Cl. The molecule has 0 spiro atoms. The fourth-order valence-corrected chi connectivity index (χ4v) is 1.52. The number of carbonyl (C=O) groups is 1. The van der Waals surface area contributed by atoms with Gasteiger partial charge in [-0.1, -0.05) is 18.5 Å². The number of benzene rings is 1. The van der Waals surface area contributed by atoms with Gasteiger partial charge >= 0.3 is 0 Å². The van der Waals surface area contributed by atoms with E-state index in [0.29, 0.717) is 22.0 Å². The van der Waals surface area contributed by atoms with Gasteiger partial charge in [0.2, 0.25) is 0 Å². The molecule has 1 amide bonds. The third-order valence-corrected chi connectivity index (χ3v) is 2.73. The molecule has 0 aliphatic heterocycles. The molecule has 88 valence electrons. The van der Waals surface area contributed by atoms with Crippen LogP contribution in [0, 0.1) is 5.92 Å². The highest BCUT2D eigenvalue weighted by Gasteiger charge is 2.11. The molecule has 16 heavy (non-hydrogen) atoms. The molecule has 1 aromatic carbocycles. The van der Waals surface area contributed by atoms with Crippen LogP contribution in [0.5, 0.6) is 0 Å². The number of nitrogens with one attached hydrogen (secondary N) is 1. The molecule has 0 heterocycles. The van der Waals surface area contributed by atoms with Gasteiger partial charge in [0.15, 0.2) is 0 Å². The molecule has 1 aromatic rings. The molecule has 1 unspecified atom stereocenters.